The maximum absolute atomic E-state index is 12.5. The fourth-order valence-electron chi connectivity index (χ4n) is 2.79. The van der Waals surface area contributed by atoms with Gasteiger partial charge in [-0.05, 0) is 38.0 Å². The average molecular weight is 396 g/mol. The summed E-state index contributed by atoms with van der Waals surface area (Å²) in [5.41, 5.74) is 0.516. The first kappa shape index (κ1) is 21.4. The molecule has 8 heteroatoms. The van der Waals surface area contributed by atoms with Crippen LogP contribution in [0, 0.1) is 5.41 Å². The SMILES string of the molecule is CCS(=O)(=O)N1CCC(NC(=O)c2cccc(NC(=O)C(C)(C)C)c2)CC1. The van der Waals surface area contributed by atoms with Gasteiger partial charge in [-0.1, -0.05) is 26.8 Å². The Bertz CT molecular complexity index is 791. The van der Waals surface area contributed by atoms with Crippen molar-refractivity contribution in [2.45, 2.75) is 46.6 Å². The average Bonchev–Trinajstić information content (AvgIpc) is 2.61. The predicted octanol–water partition coefficient (Wildman–Crippen LogP) is 2.22. The number of hydrogen-bond donors (Lipinski definition) is 2. The van der Waals surface area contributed by atoms with E-state index in [1.165, 1.54) is 4.31 Å². The van der Waals surface area contributed by atoms with E-state index in [2.05, 4.69) is 10.6 Å². The minimum Gasteiger partial charge on any atom is -0.349 e. The number of piperidine rings is 1. The normalized spacial score (nSPS) is 16.7. The highest BCUT2D eigenvalue weighted by Crippen LogP contribution is 2.19. The topological polar surface area (TPSA) is 95.6 Å². The number of carbonyl (C=O) groups is 2. The van der Waals surface area contributed by atoms with Crippen LogP contribution in [0.15, 0.2) is 24.3 Å². The quantitative estimate of drug-likeness (QED) is 0.799. The number of nitrogens with one attached hydrogen (secondary N) is 2. The monoisotopic (exact) mass is 395 g/mol. The summed E-state index contributed by atoms with van der Waals surface area (Å²) >= 11 is 0. The molecule has 1 aliphatic heterocycles. The van der Waals surface area contributed by atoms with Crippen molar-refractivity contribution in [3.8, 4) is 0 Å². The number of carbonyl (C=O) groups excluding carboxylic acids is 2. The van der Waals surface area contributed by atoms with Crippen LogP contribution in [0.4, 0.5) is 5.69 Å². The van der Waals surface area contributed by atoms with Crippen molar-refractivity contribution in [3.05, 3.63) is 29.8 Å². The molecule has 1 aliphatic rings. The van der Waals surface area contributed by atoms with Gasteiger partial charge in [0.05, 0.1) is 5.75 Å². The first-order chi connectivity index (χ1) is 12.5. The second kappa shape index (κ2) is 8.39. The lowest BCUT2D eigenvalue weighted by Gasteiger charge is -2.31. The minimum atomic E-state index is -3.17. The molecule has 150 valence electrons. The standard InChI is InChI=1S/C19H29N3O4S/c1-5-27(25,26)22-11-9-15(10-12-22)20-17(23)14-7-6-8-16(13-14)21-18(24)19(2,3)4/h6-8,13,15H,5,9-12H2,1-4H3,(H,20,23)(H,21,24). The van der Waals surface area contributed by atoms with Gasteiger partial charge >= 0.3 is 0 Å². The largest absolute Gasteiger partial charge is 0.349 e. The lowest BCUT2D eigenvalue weighted by Crippen LogP contribution is -2.46. The van der Waals surface area contributed by atoms with Gasteiger partial charge < -0.3 is 10.6 Å². The fourth-order valence-corrected chi connectivity index (χ4v) is 3.92. The van der Waals surface area contributed by atoms with Gasteiger partial charge in [0.25, 0.3) is 5.91 Å². The Morgan fingerprint density at radius 1 is 1.19 bits per heavy atom. The molecule has 0 bridgehead atoms. The minimum absolute atomic E-state index is 0.0615. The molecule has 0 aromatic heterocycles. The van der Waals surface area contributed by atoms with Gasteiger partial charge in [-0.3, -0.25) is 9.59 Å². The molecule has 7 nitrogen and oxygen atoms in total. The molecule has 2 rings (SSSR count). The molecule has 1 aromatic rings. The number of nitrogens with zero attached hydrogens (tertiary/aromatic N) is 1. The maximum atomic E-state index is 12.5. The molecule has 1 heterocycles. The molecule has 0 unspecified atom stereocenters. The second-order valence-electron chi connectivity index (χ2n) is 7.83. The summed E-state index contributed by atoms with van der Waals surface area (Å²) < 4.78 is 25.3. The van der Waals surface area contributed by atoms with Crippen molar-refractivity contribution >= 4 is 27.5 Å². The van der Waals surface area contributed by atoms with Crippen molar-refractivity contribution in [2.24, 2.45) is 5.41 Å². The highest BCUT2D eigenvalue weighted by atomic mass is 32.2. The van der Waals surface area contributed by atoms with Gasteiger partial charge in [-0.15, -0.1) is 0 Å². The smallest absolute Gasteiger partial charge is 0.251 e. The van der Waals surface area contributed by atoms with Crippen LogP contribution in [0.1, 0.15) is 50.9 Å². The van der Waals surface area contributed by atoms with E-state index < -0.39 is 15.4 Å². The van der Waals surface area contributed by atoms with Crippen LogP contribution in [-0.2, 0) is 14.8 Å². The highest BCUT2D eigenvalue weighted by Gasteiger charge is 2.27. The number of benzene rings is 1. The Balaban J connectivity index is 1.95. The van der Waals surface area contributed by atoms with Crippen LogP contribution in [0.5, 0.6) is 0 Å². The van der Waals surface area contributed by atoms with Gasteiger partial charge in [-0.25, -0.2) is 12.7 Å². The van der Waals surface area contributed by atoms with Crippen molar-refractivity contribution < 1.29 is 18.0 Å². The third-order valence-corrected chi connectivity index (χ3v) is 6.49. The van der Waals surface area contributed by atoms with E-state index in [4.69, 9.17) is 0 Å². The summed E-state index contributed by atoms with van der Waals surface area (Å²) in [7, 11) is -3.17. The Labute approximate surface area is 161 Å². The lowest BCUT2D eigenvalue weighted by molar-refractivity contribution is -0.123. The Morgan fingerprint density at radius 3 is 2.37 bits per heavy atom. The van der Waals surface area contributed by atoms with Gasteiger partial charge in [0.1, 0.15) is 0 Å². The van der Waals surface area contributed by atoms with Crippen LogP contribution in [0.25, 0.3) is 0 Å². The Kier molecular flexibility index (Phi) is 6.64. The van der Waals surface area contributed by atoms with E-state index in [0.717, 1.165) is 0 Å². The molecule has 0 spiro atoms. The zero-order valence-electron chi connectivity index (χ0n) is 16.4. The molecule has 1 aromatic carbocycles. The summed E-state index contributed by atoms with van der Waals surface area (Å²) in [6, 6.07) is 6.75. The van der Waals surface area contributed by atoms with Crippen LogP contribution < -0.4 is 10.6 Å². The van der Waals surface area contributed by atoms with E-state index in [1.807, 2.05) is 20.8 Å². The third-order valence-electron chi connectivity index (χ3n) is 4.61. The van der Waals surface area contributed by atoms with E-state index in [9.17, 15) is 18.0 Å². The zero-order valence-corrected chi connectivity index (χ0v) is 17.2. The number of hydrogen-bond acceptors (Lipinski definition) is 4. The van der Waals surface area contributed by atoms with E-state index in [0.29, 0.717) is 37.2 Å². The molecular formula is C19H29N3O4S. The molecule has 0 saturated carbocycles. The molecule has 0 atom stereocenters. The van der Waals surface area contributed by atoms with Crippen LogP contribution in [0.3, 0.4) is 0 Å². The van der Waals surface area contributed by atoms with Crippen LogP contribution >= 0.6 is 0 Å². The number of amides is 2. The van der Waals surface area contributed by atoms with Crippen molar-refractivity contribution in [2.75, 3.05) is 24.2 Å². The second-order valence-corrected chi connectivity index (χ2v) is 10.1. The summed E-state index contributed by atoms with van der Waals surface area (Å²) in [6.45, 7) is 7.94. The molecule has 2 amide bonds. The molecule has 1 fully saturated rings. The zero-order chi connectivity index (χ0) is 20.2. The van der Waals surface area contributed by atoms with Crippen LogP contribution in [0.2, 0.25) is 0 Å². The fraction of sp³-hybridized carbons (Fsp3) is 0.579. The van der Waals surface area contributed by atoms with Gasteiger partial charge in [0.15, 0.2) is 0 Å². The number of rotatable bonds is 5. The van der Waals surface area contributed by atoms with Gasteiger partial charge in [0.2, 0.25) is 15.9 Å². The van der Waals surface area contributed by atoms with E-state index in [1.54, 1.807) is 31.2 Å². The van der Waals surface area contributed by atoms with Crippen molar-refractivity contribution in [1.82, 2.24) is 9.62 Å². The molecule has 27 heavy (non-hydrogen) atoms. The summed E-state index contributed by atoms with van der Waals surface area (Å²) in [5, 5.41) is 5.78. The first-order valence-corrected chi connectivity index (χ1v) is 10.8. The highest BCUT2D eigenvalue weighted by molar-refractivity contribution is 7.89. The molecular weight excluding hydrogens is 366 g/mol. The number of anilines is 1. The lowest BCUT2D eigenvalue weighted by atomic mass is 9.95. The molecule has 2 N–H and O–H groups in total. The molecule has 1 saturated heterocycles. The first-order valence-electron chi connectivity index (χ1n) is 9.23. The number of sulfonamides is 1. The summed E-state index contributed by atoms with van der Waals surface area (Å²) in [4.78, 5) is 24.6. The summed E-state index contributed by atoms with van der Waals surface area (Å²) in [6.07, 6.45) is 1.18. The third kappa shape index (κ3) is 5.77. The van der Waals surface area contributed by atoms with E-state index >= 15 is 0 Å². The van der Waals surface area contributed by atoms with Gasteiger partial charge in [0, 0.05) is 35.8 Å². The van der Waals surface area contributed by atoms with E-state index in [-0.39, 0.29) is 23.6 Å². The van der Waals surface area contributed by atoms with Crippen molar-refractivity contribution in [3.63, 3.8) is 0 Å². The molecule has 0 aliphatic carbocycles. The molecule has 0 radical (unpaired) electrons. The Morgan fingerprint density at radius 2 is 1.81 bits per heavy atom. The summed E-state index contributed by atoms with van der Waals surface area (Å²) in [5.74, 6) is -0.250. The van der Waals surface area contributed by atoms with Gasteiger partial charge in [-0.2, -0.15) is 0 Å². The van der Waals surface area contributed by atoms with Crippen LogP contribution in [-0.4, -0.2) is 49.4 Å². The van der Waals surface area contributed by atoms with Crippen molar-refractivity contribution in [1.29, 1.82) is 0 Å². The maximum Gasteiger partial charge on any atom is 0.251 e. The Hall–Kier alpha value is -1.93. The predicted molar refractivity (Wildman–Crippen MR) is 106 cm³/mol.